The lowest BCUT2D eigenvalue weighted by atomic mass is 10.1. The van der Waals surface area contributed by atoms with Crippen LogP contribution in [0.4, 0.5) is 5.13 Å². The van der Waals surface area contributed by atoms with Gasteiger partial charge in [0, 0.05) is 11.9 Å². The molecule has 0 saturated heterocycles. The quantitative estimate of drug-likeness (QED) is 0.872. The number of benzene rings is 1. The molecule has 0 spiro atoms. The second-order valence-corrected chi connectivity index (χ2v) is 4.81. The van der Waals surface area contributed by atoms with Crippen LogP contribution in [0.5, 0.6) is 5.75 Å². The van der Waals surface area contributed by atoms with Crippen LogP contribution in [-0.2, 0) is 6.42 Å². The summed E-state index contributed by atoms with van der Waals surface area (Å²) in [6.45, 7) is 0.558. The van der Waals surface area contributed by atoms with E-state index in [0.29, 0.717) is 17.4 Å². The van der Waals surface area contributed by atoms with Crippen LogP contribution >= 0.6 is 11.3 Å². The fourth-order valence-corrected chi connectivity index (χ4v) is 2.14. The fourth-order valence-electron chi connectivity index (χ4n) is 1.60. The number of hydrogen-bond donors (Lipinski definition) is 2. The maximum absolute atomic E-state index is 11.7. The van der Waals surface area contributed by atoms with Gasteiger partial charge in [-0.15, -0.1) is 11.3 Å². The second-order valence-electron chi connectivity index (χ2n) is 3.92. The molecular weight excluding hydrogens is 262 g/mol. The minimum Gasteiger partial charge on any atom is -0.497 e. The van der Waals surface area contributed by atoms with Crippen LogP contribution in [0.15, 0.2) is 29.6 Å². The monoisotopic (exact) mass is 277 g/mol. The lowest BCUT2D eigenvalue weighted by Gasteiger charge is -2.05. The molecule has 1 aromatic carbocycles. The third kappa shape index (κ3) is 3.69. The number of thiazole rings is 1. The Morgan fingerprint density at radius 1 is 1.42 bits per heavy atom. The number of aromatic nitrogens is 1. The lowest BCUT2D eigenvalue weighted by molar-refractivity contribution is 0.0950. The fraction of sp³-hybridized carbons (Fsp3) is 0.231. The smallest absolute Gasteiger partial charge is 0.270 e. The molecule has 100 valence electrons. The van der Waals surface area contributed by atoms with Gasteiger partial charge in [-0.25, -0.2) is 4.98 Å². The minimum atomic E-state index is -0.193. The van der Waals surface area contributed by atoms with Gasteiger partial charge >= 0.3 is 0 Å². The van der Waals surface area contributed by atoms with Gasteiger partial charge in [-0.05, 0) is 24.1 Å². The predicted octanol–water partition coefficient (Wildman–Crippen LogP) is 1.71. The van der Waals surface area contributed by atoms with Crippen molar-refractivity contribution >= 4 is 22.4 Å². The normalized spacial score (nSPS) is 10.2. The molecule has 0 aliphatic heterocycles. The topological polar surface area (TPSA) is 77.2 Å². The third-order valence-electron chi connectivity index (χ3n) is 2.61. The molecule has 6 heteroatoms. The van der Waals surface area contributed by atoms with Gasteiger partial charge in [0.2, 0.25) is 0 Å². The van der Waals surface area contributed by atoms with Crippen LogP contribution in [-0.4, -0.2) is 24.5 Å². The Labute approximate surface area is 115 Å². The number of rotatable bonds is 5. The van der Waals surface area contributed by atoms with E-state index in [4.69, 9.17) is 10.5 Å². The molecule has 3 N–H and O–H groups in total. The van der Waals surface area contributed by atoms with Crippen LogP contribution < -0.4 is 15.8 Å². The van der Waals surface area contributed by atoms with Gasteiger partial charge in [0.1, 0.15) is 11.4 Å². The SMILES string of the molecule is COc1ccc(CCNC(=O)c2csc(N)n2)cc1. The van der Waals surface area contributed by atoms with Gasteiger partial charge in [0.05, 0.1) is 7.11 Å². The Balaban J connectivity index is 1.81. The molecule has 1 heterocycles. The molecule has 0 aliphatic rings. The Bertz CT molecular complexity index is 551. The van der Waals surface area contributed by atoms with E-state index in [1.165, 1.54) is 11.3 Å². The molecule has 2 aromatic rings. The average Bonchev–Trinajstić information content (AvgIpc) is 2.86. The third-order valence-corrected chi connectivity index (χ3v) is 3.29. The van der Waals surface area contributed by atoms with Crippen molar-refractivity contribution < 1.29 is 9.53 Å². The second kappa shape index (κ2) is 6.19. The van der Waals surface area contributed by atoms with Crippen molar-refractivity contribution in [3.05, 3.63) is 40.9 Å². The number of methoxy groups -OCH3 is 1. The summed E-state index contributed by atoms with van der Waals surface area (Å²) in [7, 11) is 1.63. The Morgan fingerprint density at radius 2 is 2.16 bits per heavy atom. The Hall–Kier alpha value is -2.08. The maximum Gasteiger partial charge on any atom is 0.270 e. The number of nitrogens with one attached hydrogen (secondary N) is 1. The van der Waals surface area contributed by atoms with Crippen molar-refractivity contribution in [3.8, 4) is 5.75 Å². The van der Waals surface area contributed by atoms with Gasteiger partial charge in [0.15, 0.2) is 5.13 Å². The molecule has 19 heavy (non-hydrogen) atoms. The van der Waals surface area contributed by atoms with Crippen LogP contribution in [0, 0.1) is 0 Å². The van der Waals surface area contributed by atoms with Crippen molar-refractivity contribution in [2.24, 2.45) is 0 Å². The van der Waals surface area contributed by atoms with E-state index >= 15 is 0 Å². The van der Waals surface area contributed by atoms with E-state index in [-0.39, 0.29) is 5.91 Å². The van der Waals surface area contributed by atoms with Crippen LogP contribution in [0.25, 0.3) is 0 Å². The number of ether oxygens (including phenoxy) is 1. The number of hydrogen-bond acceptors (Lipinski definition) is 5. The Morgan fingerprint density at radius 3 is 2.74 bits per heavy atom. The summed E-state index contributed by atoms with van der Waals surface area (Å²) in [6, 6.07) is 7.76. The van der Waals surface area contributed by atoms with Gasteiger partial charge in [-0.2, -0.15) is 0 Å². The number of anilines is 1. The van der Waals surface area contributed by atoms with E-state index in [1.807, 2.05) is 24.3 Å². The molecule has 0 fully saturated rings. The summed E-state index contributed by atoms with van der Waals surface area (Å²) in [6.07, 6.45) is 0.759. The van der Waals surface area contributed by atoms with E-state index in [0.717, 1.165) is 17.7 Å². The lowest BCUT2D eigenvalue weighted by Crippen LogP contribution is -2.25. The van der Waals surface area contributed by atoms with Crippen LogP contribution in [0.2, 0.25) is 0 Å². The Kier molecular flexibility index (Phi) is 4.35. The van der Waals surface area contributed by atoms with Gasteiger partial charge in [-0.3, -0.25) is 4.79 Å². The van der Waals surface area contributed by atoms with Crippen LogP contribution in [0.1, 0.15) is 16.1 Å². The van der Waals surface area contributed by atoms with Gasteiger partial charge < -0.3 is 15.8 Å². The minimum absolute atomic E-state index is 0.193. The van der Waals surface area contributed by atoms with E-state index in [2.05, 4.69) is 10.3 Å². The highest BCUT2D eigenvalue weighted by Crippen LogP contribution is 2.12. The summed E-state index contributed by atoms with van der Waals surface area (Å²) < 4.78 is 5.08. The summed E-state index contributed by atoms with van der Waals surface area (Å²) in [5, 5.41) is 4.86. The standard InChI is InChI=1S/C13H15N3O2S/c1-18-10-4-2-9(3-5-10)6-7-15-12(17)11-8-19-13(14)16-11/h2-5,8H,6-7H2,1H3,(H2,14,16)(H,15,17). The largest absolute Gasteiger partial charge is 0.497 e. The van der Waals surface area contributed by atoms with Gasteiger partial charge in [-0.1, -0.05) is 12.1 Å². The van der Waals surface area contributed by atoms with Gasteiger partial charge in [0.25, 0.3) is 5.91 Å². The maximum atomic E-state index is 11.7. The molecule has 0 radical (unpaired) electrons. The van der Waals surface area contributed by atoms with Crippen LogP contribution in [0.3, 0.4) is 0 Å². The van der Waals surface area contributed by atoms with Crippen molar-refractivity contribution in [3.63, 3.8) is 0 Å². The average molecular weight is 277 g/mol. The van der Waals surface area contributed by atoms with E-state index in [9.17, 15) is 4.79 Å². The molecule has 0 aliphatic carbocycles. The molecule has 1 amide bonds. The number of nitrogen functional groups attached to an aromatic ring is 1. The molecule has 0 atom stereocenters. The number of carbonyl (C=O) groups excluding carboxylic acids is 1. The van der Waals surface area contributed by atoms with Crippen molar-refractivity contribution in [1.29, 1.82) is 0 Å². The predicted molar refractivity (Wildman–Crippen MR) is 75.6 cm³/mol. The zero-order valence-corrected chi connectivity index (χ0v) is 11.4. The first-order chi connectivity index (χ1) is 9.19. The summed E-state index contributed by atoms with van der Waals surface area (Å²) in [5.74, 6) is 0.632. The first kappa shape index (κ1) is 13.4. The first-order valence-corrected chi connectivity index (χ1v) is 6.69. The van der Waals surface area contributed by atoms with E-state index < -0.39 is 0 Å². The van der Waals surface area contributed by atoms with E-state index in [1.54, 1.807) is 12.5 Å². The molecule has 5 nitrogen and oxygen atoms in total. The molecule has 1 aromatic heterocycles. The number of amides is 1. The highest BCUT2D eigenvalue weighted by atomic mass is 32.1. The number of nitrogens with two attached hydrogens (primary N) is 1. The van der Waals surface area contributed by atoms with Crippen molar-refractivity contribution in [2.75, 3.05) is 19.4 Å². The molecular formula is C13H15N3O2S. The zero-order chi connectivity index (χ0) is 13.7. The number of carbonyl (C=O) groups is 1. The van der Waals surface area contributed by atoms with Crippen molar-refractivity contribution in [2.45, 2.75) is 6.42 Å². The molecule has 0 saturated carbocycles. The highest BCUT2D eigenvalue weighted by Gasteiger charge is 2.08. The first-order valence-electron chi connectivity index (χ1n) is 5.81. The molecule has 0 unspecified atom stereocenters. The molecule has 2 rings (SSSR count). The zero-order valence-electron chi connectivity index (χ0n) is 10.6. The summed E-state index contributed by atoms with van der Waals surface area (Å²) in [5.41, 5.74) is 6.99. The highest BCUT2D eigenvalue weighted by molar-refractivity contribution is 7.13. The summed E-state index contributed by atoms with van der Waals surface area (Å²) in [4.78, 5) is 15.6. The molecule has 0 bridgehead atoms. The number of nitrogens with zero attached hydrogens (tertiary/aromatic N) is 1. The van der Waals surface area contributed by atoms with Crippen molar-refractivity contribution in [1.82, 2.24) is 10.3 Å². The summed E-state index contributed by atoms with van der Waals surface area (Å²) >= 11 is 1.26.